The minimum absolute atomic E-state index is 0.0120. The van der Waals surface area contributed by atoms with Gasteiger partial charge in [0.05, 0.1) is 6.04 Å². The van der Waals surface area contributed by atoms with Crippen molar-refractivity contribution < 1.29 is 9.53 Å². The molecule has 3 heteroatoms. The summed E-state index contributed by atoms with van der Waals surface area (Å²) < 4.78 is 5.39. The van der Waals surface area contributed by atoms with Gasteiger partial charge in [0.25, 0.3) is 0 Å². The first-order valence-corrected chi connectivity index (χ1v) is 7.09. The van der Waals surface area contributed by atoms with Gasteiger partial charge in [-0.05, 0) is 36.8 Å². The molecule has 1 fully saturated rings. The van der Waals surface area contributed by atoms with Crippen molar-refractivity contribution in [1.29, 1.82) is 0 Å². The summed E-state index contributed by atoms with van der Waals surface area (Å²) in [6.45, 7) is 7.07. The van der Waals surface area contributed by atoms with Gasteiger partial charge in [-0.1, -0.05) is 38.1 Å². The van der Waals surface area contributed by atoms with E-state index in [1.807, 2.05) is 6.92 Å². The summed E-state index contributed by atoms with van der Waals surface area (Å²) in [5.41, 5.74) is 2.46. The molecule has 2 unspecified atom stereocenters. The third-order valence-electron chi connectivity index (χ3n) is 3.68. The van der Waals surface area contributed by atoms with Crippen molar-refractivity contribution in [2.45, 2.75) is 51.7 Å². The highest BCUT2D eigenvalue weighted by Gasteiger charge is 2.24. The van der Waals surface area contributed by atoms with Gasteiger partial charge in [-0.3, -0.25) is 4.79 Å². The minimum Gasteiger partial charge on any atom is -0.368 e. The number of carbonyl (C=O) groups excluding carboxylic acids is 1. The van der Waals surface area contributed by atoms with Crippen LogP contribution in [-0.2, 0) is 9.53 Å². The lowest BCUT2D eigenvalue weighted by Gasteiger charge is -2.18. The maximum atomic E-state index is 12.0. The number of rotatable bonds is 4. The second-order valence-electron chi connectivity index (χ2n) is 5.55. The van der Waals surface area contributed by atoms with Crippen molar-refractivity contribution in [3.63, 3.8) is 0 Å². The molecule has 0 spiro atoms. The van der Waals surface area contributed by atoms with Crippen molar-refractivity contribution in [2.75, 3.05) is 6.61 Å². The molecule has 1 aliphatic heterocycles. The Kier molecular flexibility index (Phi) is 4.59. The fraction of sp³-hybridized carbons (Fsp3) is 0.562. The normalized spacial score (nSPS) is 20.5. The van der Waals surface area contributed by atoms with Crippen molar-refractivity contribution in [1.82, 2.24) is 5.32 Å². The quantitative estimate of drug-likeness (QED) is 0.904. The Hall–Kier alpha value is -1.35. The molecular formula is C16H23NO2. The summed E-state index contributed by atoms with van der Waals surface area (Å²) in [4.78, 5) is 12.0. The molecular weight excluding hydrogens is 238 g/mol. The highest BCUT2D eigenvalue weighted by atomic mass is 16.5. The van der Waals surface area contributed by atoms with Gasteiger partial charge in [0.1, 0.15) is 6.10 Å². The van der Waals surface area contributed by atoms with Crippen molar-refractivity contribution in [3.05, 3.63) is 35.4 Å². The van der Waals surface area contributed by atoms with E-state index in [1.54, 1.807) is 0 Å². The number of amides is 1. The van der Waals surface area contributed by atoms with Crippen LogP contribution < -0.4 is 5.32 Å². The van der Waals surface area contributed by atoms with E-state index in [4.69, 9.17) is 4.74 Å². The molecule has 0 aliphatic carbocycles. The fourth-order valence-corrected chi connectivity index (χ4v) is 2.34. The van der Waals surface area contributed by atoms with Crippen LogP contribution in [0, 0.1) is 0 Å². The summed E-state index contributed by atoms with van der Waals surface area (Å²) in [7, 11) is 0. The second-order valence-corrected chi connectivity index (χ2v) is 5.55. The van der Waals surface area contributed by atoms with Crippen LogP contribution in [0.15, 0.2) is 24.3 Å². The summed E-state index contributed by atoms with van der Waals surface area (Å²) in [5.74, 6) is 0.545. The molecule has 2 atom stereocenters. The molecule has 0 radical (unpaired) electrons. The lowest BCUT2D eigenvalue weighted by atomic mass is 9.99. The van der Waals surface area contributed by atoms with E-state index in [1.165, 1.54) is 5.56 Å². The van der Waals surface area contributed by atoms with Crippen LogP contribution in [0.4, 0.5) is 0 Å². The van der Waals surface area contributed by atoms with Crippen LogP contribution in [0.5, 0.6) is 0 Å². The number of nitrogens with one attached hydrogen (secondary N) is 1. The zero-order valence-electron chi connectivity index (χ0n) is 12.0. The lowest BCUT2D eigenvalue weighted by molar-refractivity contribution is -0.130. The highest BCUT2D eigenvalue weighted by molar-refractivity contribution is 5.81. The molecule has 1 aromatic carbocycles. The summed E-state index contributed by atoms with van der Waals surface area (Å²) in [6, 6.07) is 8.48. The Labute approximate surface area is 115 Å². The summed E-state index contributed by atoms with van der Waals surface area (Å²) >= 11 is 0. The molecule has 1 aromatic rings. The van der Waals surface area contributed by atoms with Gasteiger partial charge in [0, 0.05) is 6.61 Å². The Morgan fingerprint density at radius 1 is 1.21 bits per heavy atom. The van der Waals surface area contributed by atoms with E-state index >= 15 is 0 Å². The van der Waals surface area contributed by atoms with E-state index < -0.39 is 0 Å². The highest BCUT2D eigenvalue weighted by Crippen LogP contribution is 2.19. The van der Waals surface area contributed by atoms with Gasteiger partial charge in [-0.2, -0.15) is 0 Å². The molecule has 2 rings (SSSR count). The smallest absolute Gasteiger partial charge is 0.249 e. The second kappa shape index (κ2) is 6.20. The molecule has 1 aliphatic rings. The molecule has 0 saturated carbocycles. The average molecular weight is 261 g/mol. The third kappa shape index (κ3) is 3.57. The third-order valence-corrected chi connectivity index (χ3v) is 3.68. The number of carbonyl (C=O) groups is 1. The number of ether oxygens (including phenoxy) is 1. The van der Waals surface area contributed by atoms with Gasteiger partial charge in [0.2, 0.25) is 5.91 Å². The van der Waals surface area contributed by atoms with Gasteiger partial charge in [-0.25, -0.2) is 0 Å². The van der Waals surface area contributed by atoms with Crippen LogP contribution in [0.2, 0.25) is 0 Å². The first-order chi connectivity index (χ1) is 9.08. The molecule has 104 valence electrons. The van der Waals surface area contributed by atoms with E-state index in [-0.39, 0.29) is 18.1 Å². The Morgan fingerprint density at radius 2 is 1.84 bits per heavy atom. The molecule has 0 bridgehead atoms. The Balaban J connectivity index is 1.95. The van der Waals surface area contributed by atoms with Crippen LogP contribution in [0.3, 0.4) is 0 Å². The Morgan fingerprint density at radius 3 is 2.37 bits per heavy atom. The average Bonchev–Trinajstić information content (AvgIpc) is 2.92. The van der Waals surface area contributed by atoms with Gasteiger partial charge in [-0.15, -0.1) is 0 Å². The van der Waals surface area contributed by atoms with Crippen molar-refractivity contribution in [3.8, 4) is 0 Å². The SMILES string of the molecule is CC(C)c1ccc(C(C)NC(=O)C2CCCO2)cc1. The van der Waals surface area contributed by atoms with Crippen LogP contribution >= 0.6 is 0 Å². The van der Waals surface area contributed by atoms with Crippen molar-refractivity contribution >= 4 is 5.91 Å². The first kappa shape index (κ1) is 14.1. The van der Waals surface area contributed by atoms with Gasteiger partial charge >= 0.3 is 0 Å². The van der Waals surface area contributed by atoms with Crippen molar-refractivity contribution in [2.24, 2.45) is 0 Å². The van der Waals surface area contributed by atoms with E-state index in [0.717, 1.165) is 18.4 Å². The monoisotopic (exact) mass is 261 g/mol. The Bertz CT molecular complexity index is 419. The zero-order valence-corrected chi connectivity index (χ0v) is 12.0. The standard InChI is InChI=1S/C16H23NO2/c1-11(2)13-6-8-14(9-7-13)12(3)17-16(18)15-5-4-10-19-15/h6-9,11-12,15H,4-5,10H2,1-3H3,(H,17,18). The molecule has 3 nitrogen and oxygen atoms in total. The lowest BCUT2D eigenvalue weighted by Crippen LogP contribution is -2.35. The molecule has 1 amide bonds. The number of hydrogen-bond acceptors (Lipinski definition) is 2. The molecule has 1 saturated heterocycles. The molecule has 1 N–H and O–H groups in total. The molecule has 1 heterocycles. The largest absolute Gasteiger partial charge is 0.368 e. The predicted molar refractivity (Wildman–Crippen MR) is 76.1 cm³/mol. The van der Waals surface area contributed by atoms with Gasteiger partial charge in [0.15, 0.2) is 0 Å². The van der Waals surface area contributed by atoms with Crippen LogP contribution in [0.25, 0.3) is 0 Å². The topological polar surface area (TPSA) is 38.3 Å². The summed E-state index contributed by atoms with van der Waals surface area (Å²) in [6.07, 6.45) is 1.57. The molecule has 0 aromatic heterocycles. The zero-order chi connectivity index (χ0) is 13.8. The fourth-order valence-electron chi connectivity index (χ4n) is 2.34. The van der Waals surface area contributed by atoms with Crippen LogP contribution in [-0.4, -0.2) is 18.6 Å². The van der Waals surface area contributed by atoms with E-state index in [2.05, 4.69) is 43.4 Å². The predicted octanol–water partition coefficient (Wildman–Crippen LogP) is 3.17. The van der Waals surface area contributed by atoms with E-state index in [9.17, 15) is 4.79 Å². The summed E-state index contributed by atoms with van der Waals surface area (Å²) in [5, 5.41) is 3.02. The number of hydrogen-bond donors (Lipinski definition) is 1. The number of benzene rings is 1. The van der Waals surface area contributed by atoms with Gasteiger partial charge < -0.3 is 10.1 Å². The van der Waals surface area contributed by atoms with Crippen LogP contribution in [0.1, 0.15) is 56.7 Å². The van der Waals surface area contributed by atoms with E-state index in [0.29, 0.717) is 12.5 Å². The maximum Gasteiger partial charge on any atom is 0.249 e. The maximum absolute atomic E-state index is 12.0. The molecule has 19 heavy (non-hydrogen) atoms. The first-order valence-electron chi connectivity index (χ1n) is 7.09. The minimum atomic E-state index is -0.252.